The van der Waals surface area contributed by atoms with E-state index in [9.17, 15) is 14.4 Å². The van der Waals surface area contributed by atoms with Crippen LogP contribution in [0.5, 0.6) is 0 Å². The number of rotatable bonds is 13. The van der Waals surface area contributed by atoms with Crippen molar-refractivity contribution in [1.82, 2.24) is 0 Å². The molecule has 0 amide bonds. The summed E-state index contributed by atoms with van der Waals surface area (Å²) in [6.07, 6.45) is 25.0. The van der Waals surface area contributed by atoms with Crippen molar-refractivity contribution in [3.8, 4) is 11.1 Å². The van der Waals surface area contributed by atoms with Crippen LogP contribution in [0.2, 0.25) is 0 Å². The number of fused-ring (bicyclic) bond motifs is 3. The lowest BCUT2D eigenvalue weighted by atomic mass is 9.83. The summed E-state index contributed by atoms with van der Waals surface area (Å²) in [6, 6.07) is 17.0. The van der Waals surface area contributed by atoms with Crippen molar-refractivity contribution in [2.45, 2.75) is 141 Å². The zero-order chi connectivity index (χ0) is 37.5. The first-order valence-corrected chi connectivity index (χ1v) is 20.9. The van der Waals surface area contributed by atoms with Crippen LogP contribution < -0.4 is 0 Å². The smallest absolute Gasteiger partial charge is 0.308 e. The van der Waals surface area contributed by atoms with E-state index in [-0.39, 0.29) is 61.7 Å². The van der Waals surface area contributed by atoms with Gasteiger partial charge in [0.1, 0.15) is 19.8 Å². The fraction of sp³-hybridized carbons (Fsp3) is 0.596. The average Bonchev–Trinajstić information content (AvgIpc) is 3.48. The molecule has 0 heterocycles. The third-order valence-corrected chi connectivity index (χ3v) is 11.3. The maximum Gasteiger partial charge on any atom is 0.308 e. The Kier molecular flexibility index (Phi) is 19.5. The summed E-state index contributed by atoms with van der Waals surface area (Å²) < 4.78 is 16.8. The molecule has 0 aromatic heterocycles. The topological polar surface area (TPSA) is 78.9 Å². The van der Waals surface area contributed by atoms with Crippen molar-refractivity contribution in [2.75, 3.05) is 19.8 Å². The number of hydrogen-bond donors (Lipinski definition) is 0. The van der Waals surface area contributed by atoms with Crippen molar-refractivity contribution in [1.29, 1.82) is 0 Å². The predicted octanol–water partition coefficient (Wildman–Crippen LogP) is 11.9. The normalized spacial score (nSPS) is 19.6. The van der Waals surface area contributed by atoms with Crippen LogP contribution in [0.3, 0.4) is 0 Å². The van der Waals surface area contributed by atoms with Gasteiger partial charge in [0.15, 0.2) is 0 Å². The van der Waals surface area contributed by atoms with E-state index in [1.807, 2.05) is 0 Å². The second-order valence-corrected chi connectivity index (χ2v) is 15.5. The van der Waals surface area contributed by atoms with Gasteiger partial charge in [0, 0.05) is 18.8 Å². The third kappa shape index (κ3) is 14.9. The van der Waals surface area contributed by atoms with Crippen LogP contribution in [0.25, 0.3) is 11.1 Å². The van der Waals surface area contributed by atoms with Crippen LogP contribution in [0.1, 0.15) is 152 Å². The number of carbonyl (C=O) groups excluding carboxylic acids is 3. The Labute approximate surface area is 320 Å². The highest BCUT2D eigenvalue weighted by atomic mass is 16.5. The minimum atomic E-state index is -0.302. The first-order valence-electron chi connectivity index (χ1n) is 20.9. The maximum atomic E-state index is 13.8. The summed E-state index contributed by atoms with van der Waals surface area (Å²) in [5.41, 5.74) is 4.96. The molecule has 2 aromatic carbocycles. The molecule has 4 rings (SSSR count). The third-order valence-electron chi connectivity index (χ3n) is 11.3. The maximum absolute atomic E-state index is 13.8. The number of benzene rings is 2. The fourth-order valence-corrected chi connectivity index (χ4v) is 8.50. The molecule has 0 radical (unpaired) electrons. The van der Waals surface area contributed by atoms with Gasteiger partial charge in [-0.2, -0.15) is 0 Å². The molecule has 2 atom stereocenters. The van der Waals surface area contributed by atoms with Gasteiger partial charge in [0.2, 0.25) is 0 Å². The summed E-state index contributed by atoms with van der Waals surface area (Å²) in [5, 5.41) is 0. The summed E-state index contributed by atoms with van der Waals surface area (Å²) in [6.45, 7) is 8.01. The molecule has 1 fully saturated rings. The minimum Gasteiger partial charge on any atom is -0.464 e. The zero-order valence-corrected chi connectivity index (χ0v) is 32.4. The van der Waals surface area contributed by atoms with E-state index >= 15 is 0 Å². The fourth-order valence-electron chi connectivity index (χ4n) is 8.50. The molecule has 0 spiro atoms. The minimum absolute atomic E-state index is 0.0540. The Bertz CT molecular complexity index is 1340. The van der Waals surface area contributed by atoms with Crippen LogP contribution >= 0.6 is 0 Å². The predicted molar refractivity (Wildman–Crippen MR) is 214 cm³/mol. The Balaban J connectivity index is 1.39. The van der Waals surface area contributed by atoms with Crippen molar-refractivity contribution in [3.63, 3.8) is 0 Å². The Morgan fingerprint density at radius 3 is 1.49 bits per heavy atom. The van der Waals surface area contributed by atoms with E-state index in [0.717, 1.165) is 57.8 Å². The second-order valence-electron chi connectivity index (χ2n) is 15.5. The molecule has 6 heteroatoms. The summed E-state index contributed by atoms with van der Waals surface area (Å²) in [4.78, 5) is 39.1. The van der Waals surface area contributed by atoms with Crippen molar-refractivity contribution < 1.29 is 28.6 Å². The quantitative estimate of drug-likeness (QED) is 0.116. The van der Waals surface area contributed by atoms with Gasteiger partial charge < -0.3 is 14.2 Å². The summed E-state index contributed by atoms with van der Waals surface area (Å²) in [5.74, 6) is -0.449. The Morgan fingerprint density at radius 2 is 1.00 bits per heavy atom. The summed E-state index contributed by atoms with van der Waals surface area (Å²) >= 11 is 0. The number of esters is 3. The van der Waals surface area contributed by atoms with Crippen molar-refractivity contribution >= 4 is 17.9 Å². The molecule has 2 unspecified atom stereocenters. The largest absolute Gasteiger partial charge is 0.464 e. The van der Waals surface area contributed by atoms with E-state index in [1.54, 1.807) is 12.2 Å². The Morgan fingerprint density at radius 1 is 0.585 bits per heavy atom. The number of carbonyl (C=O) groups is 3. The molecular weight excluding hydrogens is 661 g/mol. The number of ether oxygens (including phenoxy) is 3. The van der Waals surface area contributed by atoms with Crippen LogP contribution in [0.15, 0.2) is 73.8 Å². The molecule has 6 nitrogen and oxygen atoms in total. The van der Waals surface area contributed by atoms with Crippen molar-refractivity contribution in [3.05, 3.63) is 85.0 Å². The van der Waals surface area contributed by atoms with Gasteiger partial charge in [-0.1, -0.05) is 177 Å². The lowest BCUT2D eigenvalue weighted by Crippen LogP contribution is -2.21. The van der Waals surface area contributed by atoms with E-state index in [0.29, 0.717) is 12.5 Å². The number of hydrogen-bond acceptors (Lipinski definition) is 6. The van der Waals surface area contributed by atoms with E-state index in [4.69, 9.17) is 14.2 Å². The van der Waals surface area contributed by atoms with Crippen LogP contribution in [0, 0.1) is 17.8 Å². The molecule has 53 heavy (non-hydrogen) atoms. The van der Waals surface area contributed by atoms with Gasteiger partial charge in [-0.3, -0.25) is 14.4 Å². The van der Waals surface area contributed by atoms with Gasteiger partial charge in [-0.25, -0.2) is 0 Å². The Hall–Kier alpha value is -3.67. The second kappa shape index (κ2) is 24.6. The van der Waals surface area contributed by atoms with Gasteiger partial charge >= 0.3 is 17.9 Å². The first-order chi connectivity index (χ1) is 26.0. The highest BCUT2D eigenvalue weighted by molar-refractivity contribution is 5.79. The molecule has 0 saturated heterocycles. The molecule has 290 valence electrons. The van der Waals surface area contributed by atoms with Crippen LogP contribution in [-0.2, 0) is 28.6 Å². The molecule has 2 aliphatic rings. The SMILES string of the molecule is C=CCOC(=O)CC(CC(=O)OCC=C)CC1CCCCCCCCCCCCCCC(C(=O)OCC2c3ccccc3-c3ccccc32)CCCC1. The molecule has 0 bridgehead atoms. The van der Waals surface area contributed by atoms with Gasteiger partial charge in [0.05, 0.1) is 5.92 Å². The zero-order valence-electron chi connectivity index (χ0n) is 32.4. The molecule has 2 aromatic rings. The standard InChI is InChI=1S/C47H66O6/c1-3-31-51-45(48)34-38(35-46(49)52-32-4-2)33-37-23-15-13-11-9-7-5-6-8-10-12-14-16-25-39(26-18-17-24-37)47(50)53-36-44-42-29-21-19-27-40(42)41-28-20-22-30-43(41)44/h3-4,19-22,27-30,37-39,44H,1-2,5-18,23-26,31-36H2. The van der Waals surface area contributed by atoms with Crippen LogP contribution in [-0.4, -0.2) is 37.7 Å². The molecule has 0 N–H and O–H groups in total. The van der Waals surface area contributed by atoms with E-state index in [2.05, 4.69) is 61.7 Å². The molecule has 2 aliphatic carbocycles. The lowest BCUT2D eigenvalue weighted by molar-refractivity contribution is -0.149. The first kappa shape index (κ1) is 42.1. The van der Waals surface area contributed by atoms with Crippen LogP contribution in [0.4, 0.5) is 0 Å². The highest BCUT2D eigenvalue weighted by Gasteiger charge is 2.30. The highest BCUT2D eigenvalue weighted by Crippen LogP contribution is 2.44. The van der Waals surface area contributed by atoms with E-state index < -0.39 is 0 Å². The lowest BCUT2D eigenvalue weighted by Gasteiger charge is -2.24. The van der Waals surface area contributed by atoms with E-state index in [1.165, 1.54) is 86.5 Å². The molecule has 0 aliphatic heterocycles. The molecular formula is C47H66O6. The molecule has 1 saturated carbocycles. The summed E-state index contributed by atoms with van der Waals surface area (Å²) in [7, 11) is 0. The van der Waals surface area contributed by atoms with Crippen molar-refractivity contribution in [2.24, 2.45) is 17.8 Å². The monoisotopic (exact) mass is 726 g/mol. The van der Waals surface area contributed by atoms with Gasteiger partial charge in [-0.15, -0.1) is 0 Å². The average molecular weight is 727 g/mol. The van der Waals surface area contributed by atoms with Gasteiger partial charge in [-0.05, 0) is 53.4 Å². The van der Waals surface area contributed by atoms with Gasteiger partial charge in [0.25, 0.3) is 0 Å².